The summed E-state index contributed by atoms with van der Waals surface area (Å²) in [6, 6.07) is 0. The SMILES string of the molecule is C.C.CO.COC(=O)Cl.COC(=O)ON1C(=O)CCC1=O.ClCCl.O=C(Cl)Cl.O=C1CCC(=O)N1O. The van der Waals surface area contributed by atoms with Crippen LogP contribution in [0, 0.1) is 0 Å². The van der Waals surface area contributed by atoms with E-state index in [1.165, 1.54) is 7.11 Å². The van der Waals surface area contributed by atoms with Gasteiger partial charge in [-0.25, -0.2) is 9.59 Å². The Kier molecular flexibility index (Phi) is 40.8. The highest BCUT2D eigenvalue weighted by atomic mass is 35.5. The molecule has 214 valence electrons. The molecule has 2 rings (SSSR count). The predicted octanol–water partition coefficient (Wildman–Crippen LogP) is 4.24. The number of hydroxylamine groups is 4. The number of halogens is 5. The molecule has 2 saturated heterocycles. The molecule has 0 aliphatic carbocycles. The number of aliphatic hydroxyl groups is 1. The fourth-order valence-electron chi connectivity index (χ4n) is 1.33. The first-order valence-corrected chi connectivity index (χ1v) is 10.3. The zero-order valence-electron chi connectivity index (χ0n) is 17.8. The van der Waals surface area contributed by atoms with Gasteiger partial charge in [0.1, 0.15) is 0 Å². The molecule has 2 aliphatic rings. The van der Waals surface area contributed by atoms with E-state index in [4.69, 9.17) is 38.3 Å². The quantitative estimate of drug-likeness (QED) is 0.138. The maximum atomic E-state index is 10.8. The van der Waals surface area contributed by atoms with Gasteiger partial charge in [0.2, 0.25) is 0 Å². The van der Waals surface area contributed by atoms with Gasteiger partial charge in [0.15, 0.2) is 0 Å². The molecule has 2 aliphatic heterocycles. The lowest BCUT2D eigenvalue weighted by atomic mass is 10.4. The van der Waals surface area contributed by atoms with E-state index in [0.29, 0.717) is 5.06 Å². The predicted molar refractivity (Wildman–Crippen MR) is 131 cm³/mol. The van der Waals surface area contributed by atoms with Crippen LogP contribution in [0.4, 0.5) is 14.4 Å². The number of aliphatic hydroxyl groups excluding tert-OH is 1. The van der Waals surface area contributed by atoms with Gasteiger partial charge in [0.05, 0.1) is 19.6 Å². The molecule has 14 nitrogen and oxygen atoms in total. The van der Waals surface area contributed by atoms with Crippen LogP contribution >= 0.6 is 58.0 Å². The molecule has 2 N–H and O–H groups in total. The lowest BCUT2D eigenvalue weighted by molar-refractivity contribution is -0.176. The number of rotatable bonds is 1. The summed E-state index contributed by atoms with van der Waals surface area (Å²) in [7, 11) is 3.31. The molecule has 2 fully saturated rings. The van der Waals surface area contributed by atoms with Gasteiger partial charge >= 0.3 is 16.3 Å². The minimum absolute atomic E-state index is 0. The molecule has 0 radical (unpaired) electrons. The van der Waals surface area contributed by atoms with E-state index >= 15 is 0 Å². The van der Waals surface area contributed by atoms with Gasteiger partial charge in [0.25, 0.3) is 23.6 Å². The van der Waals surface area contributed by atoms with Gasteiger partial charge in [-0.1, -0.05) is 19.9 Å². The third kappa shape index (κ3) is 30.1. The summed E-state index contributed by atoms with van der Waals surface area (Å²) < 4.78 is 7.09. The maximum absolute atomic E-state index is 10.8. The number of ether oxygens (including phenoxy) is 2. The molecule has 0 bridgehead atoms. The van der Waals surface area contributed by atoms with Crippen molar-refractivity contribution < 1.29 is 58.2 Å². The Labute approximate surface area is 233 Å². The largest absolute Gasteiger partial charge is 0.533 e. The molecule has 0 atom stereocenters. The number of hydrogen-bond donors (Lipinski definition) is 2. The van der Waals surface area contributed by atoms with Crippen LogP contribution in [0.15, 0.2) is 0 Å². The molecular formula is C17H29Cl5N2O12. The fourth-order valence-corrected chi connectivity index (χ4v) is 1.33. The summed E-state index contributed by atoms with van der Waals surface area (Å²) in [6.45, 7) is 0. The van der Waals surface area contributed by atoms with Gasteiger partial charge < -0.3 is 14.6 Å². The van der Waals surface area contributed by atoms with Crippen molar-refractivity contribution in [3.8, 4) is 0 Å². The minimum atomic E-state index is -1.07. The highest BCUT2D eigenvalue weighted by molar-refractivity contribution is 6.93. The molecule has 0 saturated carbocycles. The van der Waals surface area contributed by atoms with E-state index in [2.05, 4.69) is 49.1 Å². The van der Waals surface area contributed by atoms with Crippen molar-refractivity contribution in [2.75, 3.05) is 26.7 Å². The second-order valence-electron chi connectivity index (χ2n) is 4.50. The van der Waals surface area contributed by atoms with Crippen LogP contribution in [0.1, 0.15) is 40.5 Å². The normalized spacial score (nSPS) is 12.4. The maximum Gasteiger partial charge on any atom is 0.533 e. The molecule has 19 heteroatoms. The lowest BCUT2D eigenvalue weighted by Crippen LogP contribution is -2.31. The van der Waals surface area contributed by atoms with Crippen LogP contribution in [0.25, 0.3) is 0 Å². The molecule has 2 heterocycles. The summed E-state index contributed by atoms with van der Waals surface area (Å²) in [4.78, 5) is 75.2. The first-order valence-electron chi connectivity index (χ1n) is 8.10. The van der Waals surface area contributed by atoms with E-state index < -0.39 is 39.9 Å². The number of hydrogen-bond acceptors (Lipinski definition) is 12. The zero-order chi connectivity index (χ0) is 27.9. The monoisotopic (exact) mass is 628 g/mol. The number of carbonyl (C=O) groups is 7. The third-order valence-corrected chi connectivity index (χ3v) is 2.68. The van der Waals surface area contributed by atoms with Gasteiger partial charge in [-0.05, 0) is 23.2 Å². The van der Waals surface area contributed by atoms with Crippen molar-refractivity contribution in [3.05, 3.63) is 0 Å². The van der Waals surface area contributed by atoms with Crippen molar-refractivity contribution in [1.29, 1.82) is 0 Å². The topological polar surface area (TPSA) is 194 Å². The molecular weight excluding hydrogens is 601 g/mol. The second-order valence-corrected chi connectivity index (χ2v) is 6.49. The number of methoxy groups -OCH3 is 2. The van der Waals surface area contributed by atoms with E-state index in [1.807, 2.05) is 0 Å². The number of carbonyl (C=O) groups excluding carboxylic acids is 7. The van der Waals surface area contributed by atoms with Crippen molar-refractivity contribution in [2.24, 2.45) is 0 Å². The molecule has 0 unspecified atom stereocenters. The Morgan fingerprint density at radius 1 is 0.778 bits per heavy atom. The summed E-state index contributed by atoms with van der Waals surface area (Å²) in [5.74, 6) is -2.05. The van der Waals surface area contributed by atoms with Crippen molar-refractivity contribution >= 4 is 97.9 Å². The van der Waals surface area contributed by atoms with E-state index in [9.17, 15) is 28.8 Å². The Morgan fingerprint density at radius 2 is 1.03 bits per heavy atom. The summed E-state index contributed by atoms with van der Waals surface area (Å²) in [6.07, 6.45) is -0.616. The van der Waals surface area contributed by atoms with Crippen molar-refractivity contribution in [3.63, 3.8) is 0 Å². The Morgan fingerprint density at radius 3 is 1.19 bits per heavy atom. The van der Waals surface area contributed by atoms with Gasteiger partial charge in [0, 0.05) is 44.4 Å². The highest BCUT2D eigenvalue weighted by Gasteiger charge is 2.33. The second kappa shape index (κ2) is 31.1. The molecule has 0 aromatic carbocycles. The molecule has 36 heavy (non-hydrogen) atoms. The lowest BCUT2D eigenvalue weighted by Gasteiger charge is -2.10. The van der Waals surface area contributed by atoms with Crippen LogP contribution < -0.4 is 0 Å². The number of alkyl halides is 2. The smallest absolute Gasteiger partial charge is 0.457 e. The summed E-state index contributed by atoms with van der Waals surface area (Å²) in [5.41, 5.74) is -0.773. The Bertz CT molecular complexity index is 646. The zero-order valence-corrected chi connectivity index (χ0v) is 21.6. The average molecular weight is 631 g/mol. The van der Waals surface area contributed by atoms with Crippen molar-refractivity contribution in [1.82, 2.24) is 10.1 Å². The van der Waals surface area contributed by atoms with Crippen LogP contribution in [0.5, 0.6) is 0 Å². The Balaban J connectivity index is -0.0000000824. The Hall–Kier alpha value is -1.94. The average Bonchev–Trinajstić information content (AvgIpc) is 3.26. The van der Waals surface area contributed by atoms with Gasteiger partial charge in [-0.3, -0.25) is 34.0 Å². The van der Waals surface area contributed by atoms with Crippen LogP contribution in [-0.4, -0.2) is 87.0 Å². The van der Waals surface area contributed by atoms with E-state index in [-0.39, 0.29) is 50.9 Å². The van der Waals surface area contributed by atoms with Gasteiger partial charge in [-0.2, -0.15) is 5.06 Å². The molecule has 4 amide bonds. The number of nitrogens with zero attached hydrogens (tertiary/aromatic N) is 2. The molecule has 0 aromatic rings. The summed E-state index contributed by atoms with van der Waals surface area (Å²) >= 11 is 22.9. The first kappa shape index (κ1) is 47.3. The van der Waals surface area contributed by atoms with Crippen LogP contribution in [0.3, 0.4) is 0 Å². The minimum Gasteiger partial charge on any atom is -0.457 e. The van der Waals surface area contributed by atoms with Crippen molar-refractivity contribution in [2.45, 2.75) is 40.5 Å². The number of amides is 4. The van der Waals surface area contributed by atoms with Crippen LogP contribution in [-0.2, 0) is 33.5 Å². The fraction of sp³-hybridized carbons (Fsp3) is 0.588. The highest BCUT2D eigenvalue weighted by Crippen LogP contribution is 2.12. The first-order chi connectivity index (χ1) is 15.8. The summed E-state index contributed by atoms with van der Waals surface area (Å²) in [5, 5.41) is 16.2. The third-order valence-electron chi connectivity index (χ3n) is 2.52. The van der Waals surface area contributed by atoms with E-state index in [0.717, 1.165) is 14.2 Å². The van der Waals surface area contributed by atoms with Crippen LogP contribution in [0.2, 0.25) is 0 Å². The standard InChI is InChI=1S/C6H7NO5.C4H5NO3.C2H3ClO2.CCl2O.CH2Cl2.CH4O.2CH4/c1-11-6(10)12-7-4(8)2-3-5(7)9;6-3-1-2-4(7)5(3)8;1-5-2(3)4;2-1(3)4;2-1-3;1-2;;/h2-3H2,1H3;8H,1-2H2;1H3;;1H2;2H,1H3;2*1H4. The molecule has 0 aromatic heterocycles. The number of imide groups is 2. The molecule has 0 spiro atoms. The van der Waals surface area contributed by atoms with E-state index in [1.54, 1.807) is 0 Å². The van der Waals surface area contributed by atoms with Gasteiger partial charge in [-0.15, -0.1) is 23.2 Å².